The van der Waals surface area contributed by atoms with Crippen molar-refractivity contribution in [2.24, 2.45) is 0 Å². The minimum Gasteiger partial charge on any atom is -0.462 e. The number of ether oxygens (including phenoxy) is 1. The van der Waals surface area contributed by atoms with E-state index in [9.17, 15) is 9.59 Å². The van der Waals surface area contributed by atoms with Crippen molar-refractivity contribution in [2.45, 2.75) is 26.2 Å². The fourth-order valence-corrected chi connectivity index (χ4v) is 1.90. The lowest BCUT2D eigenvalue weighted by molar-refractivity contribution is 0.0524. The smallest absolute Gasteiger partial charge is 0.343 e. The molecule has 1 aliphatic carbocycles. The van der Waals surface area contributed by atoms with Gasteiger partial charge in [-0.05, 0) is 26.2 Å². The van der Waals surface area contributed by atoms with Gasteiger partial charge in [-0.25, -0.2) is 4.79 Å². The Morgan fingerprint density at radius 1 is 1.53 bits per heavy atom. The Balaban J connectivity index is 2.43. The molecule has 1 N–H and O–H groups in total. The van der Waals surface area contributed by atoms with Gasteiger partial charge in [-0.2, -0.15) is 0 Å². The van der Waals surface area contributed by atoms with Gasteiger partial charge in [0.1, 0.15) is 5.56 Å². The molecule has 1 heterocycles. The summed E-state index contributed by atoms with van der Waals surface area (Å²) >= 11 is 0. The third kappa shape index (κ3) is 1.67. The van der Waals surface area contributed by atoms with Gasteiger partial charge in [0.2, 0.25) is 0 Å². The molecule has 1 aliphatic rings. The third-order valence-corrected chi connectivity index (χ3v) is 2.62. The number of esters is 1. The van der Waals surface area contributed by atoms with Gasteiger partial charge in [-0.3, -0.25) is 4.79 Å². The minimum absolute atomic E-state index is 0.123. The van der Waals surface area contributed by atoms with Crippen LogP contribution in [0.4, 0.5) is 0 Å². The summed E-state index contributed by atoms with van der Waals surface area (Å²) in [5.41, 5.74) is 1.67. The van der Waals surface area contributed by atoms with E-state index >= 15 is 0 Å². The maximum Gasteiger partial charge on any atom is 0.343 e. The van der Waals surface area contributed by atoms with Gasteiger partial charge in [0.15, 0.2) is 5.43 Å². The monoisotopic (exact) mass is 207 g/mol. The number of carbonyl (C=O) groups is 1. The molecule has 0 radical (unpaired) electrons. The molecule has 15 heavy (non-hydrogen) atoms. The summed E-state index contributed by atoms with van der Waals surface area (Å²) in [4.78, 5) is 26.3. The van der Waals surface area contributed by atoms with E-state index in [-0.39, 0.29) is 17.6 Å². The van der Waals surface area contributed by atoms with Crippen LogP contribution in [0, 0.1) is 0 Å². The standard InChI is InChI=1S/C11H13NO3/c1-2-15-11(14)8-6-12-9-5-3-4-7(9)10(8)13/h6H,2-5H2,1H3,(H,12,13). The first-order chi connectivity index (χ1) is 7.24. The second-order valence-electron chi connectivity index (χ2n) is 3.56. The zero-order chi connectivity index (χ0) is 10.8. The molecule has 0 spiro atoms. The van der Waals surface area contributed by atoms with Crippen molar-refractivity contribution in [3.63, 3.8) is 0 Å². The molecule has 4 nitrogen and oxygen atoms in total. The lowest BCUT2D eigenvalue weighted by atomic mass is 10.1. The van der Waals surface area contributed by atoms with Crippen LogP contribution in [0.3, 0.4) is 0 Å². The predicted molar refractivity (Wildman–Crippen MR) is 55.0 cm³/mol. The van der Waals surface area contributed by atoms with E-state index in [0.717, 1.165) is 30.5 Å². The maximum absolute atomic E-state index is 11.9. The normalized spacial score (nSPS) is 13.7. The van der Waals surface area contributed by atoms with E-state index in [2.05, 4.69) is 4.98 Å². The summed E-state index contributed by atoms with van der Waals surface area (Å²) in [7, 11) is 0. The molecular weight excluding hydrogens is 194 g/mol. The van der Waals surface area contributed by atoms with Crippen molar-refractivity contribution in [1.29, 1.82) is 0 Å². The van der Waals surface area contributed by atoms with Crippen LogP contribution in [0.1, 0.15) is 35.0 Å². The number of fused-ring (bicyclic) bond motifs is 1. The number of nitrogens with one attached hydrogen (secondary N) is 1. The van der Waals surface area contributed by atoms with Crippen molar-refractivity contribution >= 4 is 5.97 Å². The van der Waals surface area contributed by atoms with Gasteiger partial charge in [-0.1, -0.05) is 0 Å². The summed E-state index contributed by atoms with van der Waals surface area (Å²) in [6.45, 7) is 2.01. The number of carbonyl (C=O) groups excluding carboxylic acids is 1. The molecule has 0 unspecified atom stereocenters. The van der Waals surface area contributed by atoms with E-state index in [4.69, 9.17) is 4.74 Å². The predicted octanol–water partition coefficient (Wildman–Crippen LogP) is 1.04. The van der Waals surface area contributed by atoms with Crippen molar-refractivity contribution in [1.82, 2.24) is 4.98 Å². The largest absolute Gasteiger partial charge is 0.462 e. The van der Waals surface area contributed by atoms with Crippen LogP contribution in [-0.2, 0) is 17.6 Å². The van der Waals surface area contributed by atoms with Crippen LogP contribution < -0.4 is 5.43 Å². The van der Waals surface area contributed by atoms with Crippen molar-refractivity contribution in [3.8, 4) is 0 Å². The Morgan fingerprint density at radius 2 is 2.33 bits per heavy atom. The molecule has 1 aromatic heterocycles. The quantitative estimate of drug-likeness (QED) is 0.737. The first-order valence-corrected chi connectivity index (χ1v) is 5.14. The Hall–Kier alpha value is -1.58. The molecule has 0 bridgehead atoms. The van der Waals surface area contributed by atoms with Gasteiger partial charge < -0.3 is 9.72 Å². The molecule has 0 atom stereocenters. The topological polar surface area (TPSA) is 59.2 Å². The summed E-state index contributed by atoms with van der Waals surface area (Å²) < 4.78 is 4.81. The number of hydrogen-bond acceptors (Lipinski definition) is 3. The first-order valence-electron chi connectivity index (χ1n) is 5.14. The van der Waals surface area contributed by atoms with Crippen LogP contribution in [0.2, 0.25) is 0 Å². The molecule has 1 aromatic rings. The number of pyridine rings is 1. The molecule has 4 heteroatoms. The zero-order valence-electron chi connectivity index (χ0n) is 8.63. The summed E-state index contributed by atoms with van der Waals surface area (Å²) in [5.74, 6) is -0.534. The minimum atomic E-state index is -0.534. The lowest BCUT2D eigenvalue weighted by Gasteiger charge is -2.03. The van der Waals surface area contributed by atoms with Crippen molar-refractivity contribution in [2.75, 3.05) is 6.61 Å². The fraction of sp³-hybridized carbons (Fsp3) is 0.455. The molecule has 0 aliphatic heterocycles. The van der Waals surface area contributed by atoms with Crippen LogP contribution in [0.5, 0.6) is 0 Å². The highest BCUT2D eigenvalue weighted by atomic mass is 16.5. The Morgan fingerprint density at radius 3 is 3.07 bits per heavy atom. The van der Waals surface area contributed by atoms with Crippen molar-refractivity contribution < 1.29 is 9.53 Å². The first kappa shape index (κ1) is 9.96. The highest BCUT2D eigenvalue weighted by Crippen LogP contribution is 2.16. The van der Waals surface area contributed by atoms with E-state index in [0.29, 0.717) is 0 Å². The number of H-pyrrole nitrogens is 1. The Labute approximate surface area is 87.3 Å². The molecule has 0 aromatic carbocycles. The van der Waals surface area contributed by atoms with Gasteiger partial charge in [0, 0.05) is 17.5 Å². The van der Waals surface area contributed by atoms with Crippen LogP contribution in [0.25, 0.3) is 0 Å². The van der Waals surface area contributed by atoms with E-state index in [1.54, 1.807) is 6.92 Å². The summed E-state index contributed by atoms with van der Waals surface area (Å²) in [6, 6.07) is 0. The van der Waals surface area contributed by atoms with Crippen LogP contribution in [-0.4, -0.2) is 17.6 Å². The van der Waals surface area contributed by atoms with Gasteiger partial charge in [0.05, 0.1) is 6.61 Å². The van der Waals surface area contributed by atoms with E-state index < -0.39 is 5.97 Å². The molecule has 0 saturated carbocycles. The molecular formula is C11H13NO3. The number of aromatic amines is 1. The number of aromatic nitrogens is 1. The van der Waals surface area contributed by atoms with Crippen LogP contribution in [0.15, 0.2) is 11.0 Å². The summed E-state index contributed by atoms with van der Waals surface area (Å²) in [5, 5.41) is 0. The third-order valence-electron chi connectivity index (χ3n) is 2.62. The zero-order valence-corrected chi connectivity index (χ0v) is 8.63. The SMILES string of the molecule is CCOC(=O)c1c[nH]c2c(c1=O)CCC2. The molecule has 2 rings (SSSR count). The highest BCUT2D eigenvalue weighted by Gasteiger charge is 2.20. The number of hydrogen-bond donors (Lipinski definition) is 1. The van der Waals surface area contributed by atoms with Gasteiger partial charge in [0.25, 0.3) is 0 Å². The van der Waals surface area contributed by atoms with Gasteiger partial charge >= 0.3 is 5.97 Å². The van der Waals surface area contributed by atoms with Gasteiger partial charge in [-0.15, -0.1) is 0 Å². The van der Waals surface area contributed by atoms with E-state index in [1.165, 1.54) is 6.20 Å². The summed E-state index contributed by atoms with van der Waals surface area (Å²) in [6.07, 6.45) is 4.10. The number of rotatable bonds is 2. The fourth-order valence-electron chi connectivity index (χ4n) is 1.90. The average Bonchev–Trinajstić information content (AvgIpc) is 2.67. The maximum atomic E-state index is 11.9. The molecule has 80 valence electrons. The molecule has 0 amide bonds. The average molecular weight is 207 g/mol. The molecule has 0 saturated heterocycles. The lowest BCUT2D eigenvalue weighted by Crippen LogP contribution is -2.21. The second-order valence-corrected chi connectivity index (χ2v) is 3.56. The Bertz CT molecular complexity index is 448. The van der Waals surface area contributed by atoms with E-state index in [1.807, 2.05) is 0 Å². The van der Waals surface area contributed by atoms with Crippen molar-refractivity contribution in [3.05, 3.63) is 33.2 Å². The van der Waals surface area contributed by atoms with Crippen LogP contribution >= 0.6 is 0 Å². The second kappa shape index (κ2) is 3.88. The molecule has 0 fully saturated rings. The Kier molecular flexibility index (Phi) is 2.58. The number of aryl methyl sites for hydroxylation is 1. The highest BCUT2D eigenvalue weighted by molar-refractivity contribution is 5.89.